The largest absolute Gasteiger partial charge is 0.307 e. The Kier molecular flexibility index (Phi) is 2.04. The molecule has 0 radical (unpaired) electrons. The second-order valence-corrected chi connectivity index (χ2v) is 3.36. The second-order valence-electron chi connectivity index (χ2n) is 3.36. The molecule has 14 heavy (non-hydrogen) atoms. The summed E-state index contributed by atoms with van der Waals surface area (Å²) in [4.78, 5) is 19.5. The Labute approximate surface area is 82.1 Å². The number of nitrogens with one attached hydrogen (secondary N) is 1. The first kappa shape index (κ1) is 8.87. The van der Waals surface area contributed by atoms with Crippen molar-refractivity contribution in [3.8, 4) is 0 Å². The first-order chi connectivity index (χ1) is 6.66. The van der Waals surface area contributed by atoms with Gasteiger partial charge in [-0.3, -0.25) is 14.8 Å². The molecule has 1 aromatic rings. The fourth-order valence-corrected chi connectivity index (χ4v) is 1.30. The van der Waals surface area contributed by atoms with Crippen LogP contribution in [0.2, 0.25) is 0 Å². The normalized spacial score (nSPS) is 20.6. The van der Waals surface area contributed by atoms with Gasteiger partial charge in [0.05, 0.1) is 0 Å². The van der Waals surface area contributed by atoms with Crippen LogP contribution in [0.4, 0.5) is 0 Å². The Hall–Kier alpha value is -1.71. The van der Waals surface area contributed by atoms with E-state index in [1.54, 1.807) is 13.1 Å². The Morgan fingerprint density at radius 3 is 2.86 bits per heavy atom. The highest BCUT2D eigenvalue weighted by Gasteiger charge is 2.23. The molecule has 4 nitrogen and oxygen atoms in total. The third-order valence-electron chi connectivity index (χ3n) is 2.10. The van der Waals surface area contributed by atoms with Gasteiger partial charge in [0, 0.05) is 6.20 Å². The van der Waals surface area contributed by atoms with E-state index in [1.165, 1.54) is 0 Å². The van der Waals surface area contributed by atoms with Crippen molar-refractivity contribution in [2.45, 2.75) is 19.9 Å². The standard InChI is InChI=1S/C10H11N3O/c1-6-3-4-11-8(5-6)9-12-7(2)10(14)13-9/h3-5,7H,1-2H3,(H,12,13,14). The SMILES string of the molecule is Cc1ccnc(C2=NC(C)C(=O)N2)c1. The molecule has 1 aliphatic rings. The molecule has 1 aliphatic heterocycles. The van der Waals surface area contributed by atoms with Crippen LogP contribution in [0.5, 0.6) is 0 Å². The maximum absolute atomic E-state index is 11.2. The van der Waals surface area contributed by atoms with E-state index in [2.05, 4.69) is 15.3 Å². The maximum atomic E-state index is 11.2. The number of rotatable bonds is 1. The highest BCUT2D eigenvalue weighted by molar-refractivity contribution is 6.12. The smallest absolute Gasteiger partial charge is 0.250 e. The van der Waals surface area contributed by atoms with Crippen LogP contribution < -0.4 is 5.32 Å². The number of hydrogen-bond donors (Lipinski definition) is 1. The van der Waals surface area contributed by atoms with Crippen molar-refractivity contribution in [3.63, 3.8) is 0 Å². The minimum absolute atomic E-state index is 0.0664. The van der Waals surface area contributed by atoms with Gasteiger partial charge in [-0.1, -0.05) is 0 Å². The molecule has 2 heterocycles. The molecule has 1 unspecified atom stereocenters. The van der Waals surface area contributed by atoms with Crippen LogP contribution in [0.25, 0.3) is 0 Å². The van der Waals surface area contributed by atoms with Crippen molar-refractivity contribution in [2.75, 3.05) is 0 Å². The molecular weight excluding hydrogens is 178 g/mol. The summed E-state index contributed by atoms with van der Waals surface area (Å²) in [5.41, 5.74) is 1.83. The number of pyridine rings is 1. The third kappa shape index (κ3) is 1.51. The summed E-state index contributed by atoms with van der Waals surface area (Å²) in [6.45, 7) is 3.74. The lowest BCUT2D eigenvalue weighted by atomic mass is 10.2. The third-order valence-corrected chi connectivity index (χ3v) is 2.10. The number of nitrogens with zero attached hydrogens (tertiary/aromatic N) is 2. The summed E-state index contributed by atoms with van der Waals surface area (Å²) >= 11 is 0. The van der Waals surface area contributed by atoms with E-state index in [0.29, 0.717) is 5.84 Å². The zero-order valence-electron chi connectivity index (χ0n) is 8.11. The van der Waals surface area contributed by atoms with Gasteiger partial charge >= 0.3 is 0 Å². The van der Waals surface area contributed by atoms with E-state index in [0.717, 1.165) is 11.3 Å². The lowest BCUT2D eigenvalue weighted by Gasteiger charge is -2.00. The van der Waals surface area contributed by atoms with E-state index in [-0.39, 0.29) is 11.9 Å². The van der Waals surface area contributed by atoms with E-state index < -0.39 is 0 Å². The van der Waals surface area contributed by atoms with Crippen molar-refractivity contribution < 1.29 is 4.79 Å². The Morgan fingerprint density at radius 2 is 2.29 bits per heavy atom. The van der Waals surface area contributed by atoms with Gasteiger partial charge in [-0.05, 0) is 31.5 Å². The Balaban J connectivity index is 2.33. The van der Waals surface area contributed by atoms with Crippen LogP contribution in [0.3, 0.4) is 0 Å². The van der Waals surface area contributed by atoms with Crippen LogP contribution in [0, 0.1) is 6.92 Å². The van der Waals surface area contributed by atoms with Gasteiger partial charge in [0.15, 0.2) is 5.84 Å². The number of aryl methyl sites for hydroxylation is 1. The number of carbonyl (C=O) groups excluding carboxylic acids is 1. The van der Waals surface area contributed by atoms with E-state index in [1.807, 2.05) is 19.1 Å². The fourth-order valence-electron chi connectivity index (χ4n) is 1.30. The van der Waals surface area contributed by atoms with Gasteiger partial charge < -0.3 is 5.32 Å². The molecule has 1 amide bonds. The topological polar surface area (TPSA) is 54.4 Å². The lowest BCUT2D eigenvalue weighted by Crippen LogP contribution is -2.28. The molecule has 4 heteroatoms. The highest BCUT2D eigenvalue weighted by atomic mass is 16.2. The monoisotopic (exact) mass is 189 g/mol. The second kappa shape index (κ2) is 3.21. The highest BCUT2D eigenvalue weighted by Crippen LogP contribution is 2.06. The minimum Gasteiger partial charge on any atom is -0.307 e. The summed E-state index contributed by atoms with van der Waals surface area (Å²) in [5.74, 6) is 0.509. The molecule has 0 saturated heterocycles. The molecule has 0 saturated carbocycles. The van der Waals surface area contributed by atoms with Crippen molar-refractivity contribution in [3.05, 3.63) is 29.6 Å². The molecule has 2 rings (SSSR count). The number of aromatic nitrogens is 1. The zero-order valence-corrected chi connectivity index (χ0v) is 8.11. The number of amidine groups is 1. The molecule has 0 spiro atoms. The molecule has 72 valence electrons. The van der Waals surface area contributed by atoms with Crippen molar-refractivity contribution in [2.24, 2.45) is 4.99 Å². The molecule has 1 atom stereocenters. The predicted octanol–water partition coefficient (Wildman–Crippen LogP) is 0.655. The van der Waals surface area contributed by atoms with Gasteiger partial charge in [0.2, 0.25) is 5.91 Å². The first-order valence-corrected chi connectivity index (χ1v) is 4.48. The average molecular weight is 189 g/mol. The van der Waals surface area contributed by atoms with Crippen molar-refractivity contribution in [1.29, 1.82) is 0 Å². The molecular formula is C10H11N3O. The molecule has 0 bridgehead atoms. The summed E-state index contributed by atoms with van der Waals surface area (Å²) < 4.78 is 0. The minimum atomic E-state index is -0.299. The zero-order chi connectivity index (χ0) is 10.1. The molecule has 0 aromatic carbocycles. The number of aliphatic imine (C=N–C) groups is 1. The van der Waals surface area contributed by atoms with E-state index in [4.69, 9.17) is 0 Å². The summed E-state index contributed by atoms with van der Waals surface area (Å²) in [6, 6.07) is 3.51. The summed E-state index contributed by atoms with van der Waals surface area (Å²) in [7, 11) is 0. The maximum Gasteiger partial charge on any atom is 0.250 e. The summed E-state index contributed by atoms with van der Waals surface area (Å²) in [6.07, 6.45) is 1.71. The van der Waals surface area contributed by atoms with Gasteiger partial charge in [0.1, 0.15) is 11.7 Å². The van der Waals surface area contributed by atoms with Gasteiger partial charge in [0.25, 0.3) is 0 Å². The fraction of sp³-hybridized carbons (Fsp3) is 0.300. The average Bonchev–Trinajstić information content (AvgIpc) is 2.47. The van der Waals surface area contributed by atoms with Crippen molar-refractivity contribution >= 4 is 11.7 Å². The predicted molar refractivity (Wildman–Crippen MR) is 53.1 cm³/mol. The van der Waals surface area contributed by atoms with Crippen LogP contribution in [0.1, 0.15) is 18.2 Å². The van der Waals surface area contributed by atoms with Gasteiger partial charge in [-0.2, -0.15) is 0 Å². The number of amides is 1. The molecule has 0 fully saturated rings. The van der Waals surface area contributed by atoms with Crippen LogP contribution >= 0.6 is 0 Å². The molecule has 1 N–H and O–H groups in total. The van der Waals surface area contributed by atoms with E-state index in [9.17, 15) is 4.79 Å². The number of carbonyl (C=O) groups is 1. The first-order valence-electron chi connectivity index (χ1n) is 4.48. The quantitative estimate of drug-likeness (QED) is 0.705. The van der Waals surface area contributed by atoms with Gasteiger partial charge in [-0.25, -0.2) is 0 Å². The molecule has 0 aliphatic carbocycles. The van der Waals surface area contributed by atoms with Crippen molar-refractivity contribution in [1.82, 2.24) is 10.3 Å². The van der Waals surface area contributed by atoms with Crippen LogP contribution in [-0.2, 0) is 4.79 Å². The van der Waals surface area contributed by atoms with Crippen LogP contribution in [-0.4, -0.2) is 22.8 Å². The number of hydrogen-bond acceptors (Lipinski definition) is 3. The Bertz CT molecular complexity index is 412. The lowest BCUT2D eigenvalue weighted by molar-refractivity contribution is -0.119. The van der Waals surface area contributed by atoms with Gasteiger partial charge in [-0.15, -0.1) is 0 Å². The molecule has 1 aromatic heterocycles. The summed E-state index contributed by atoms with van der Waals surface area (Å²) in [5, 5.41) is 2.70. The Morgan fingerprint density at radius 1 is 1.50 bits per heavy atom. The van der Waals surface area contributed by atoms with Crippen LogP contribution in [0.15, 0.2) is 23.3 Å². The van der Waals surface area contributed by atoms with E-state index >= 15 is 0 Å².